The molecule has 0 amide bonds. The van der Waals surface area contributed by atoms with Gasteiger partial charge in [0.1, 0.15) is 11.6 Å². The van der Waals surface area contributed by atoms with Crippen LogP contribution in [0.1, 0.15) is 25.3 Å². The highest BCUT2D eigenvalue weighted by Crippen LogP contribution is 2.28. The van der Waals surface area contributed by atoms with Gasteiger partial charge in [0.25, 0.3) is 0 Å². The largest absolute Gasteiger partial charge is 0.494 e. The maximum atomic E-state index is 13.6. The molecule has 3 heteroatoms. The van der Waals surface area contributed by atoms with Crippen LogP contribution in [0.4, 0.5) is 4.39 Å². The van der Waals surface area contributed by atoms with Crippen LogP contribution < -0.4 is 10.1 Å². The topological polar surface area (TPSA) is 21.3 Å². The van der Waals surface area contributed by atoms with Crippen LogP contribution in [-0.4, -0.2) is 12.6 Å². The van der Waals surface area contributed by atoms with Crippen LogP contribution >= 0.6 is 0 Å². The summed E-state index contributed by atoms with van der Waals surface area (Å²) in [6.07, 6.45) is 2.50. The van der Waals surface area contributed by atoms with Crippen LogP contribution in [0, 0.1) is 5.82 Å². The van der Waals surface area contributed by atoms with Crippen molar-refractivity contribution in [1.29, 1.82) is 0 Å². The minimum Gasteiger partial charge on any atom is -0.494 e. The Balaban J connectivity index is 1.85. The van der Waals surface area contributed by atoms with Crippen molar-refractivity contribution in [1.82, 2.24) is 5.32 Å². The van der Waals surface area contributed by atoms with E-state index >= 15 is 0 Å². The lowest BCUT2D eigenvalue weighted by molar-refractivity contribution is 0.340. The third-order valence-electron chi connectivity index (χ3n) is 3.71. The monoisotopic (exact) mass is 285 g/mol. The summed E-state index contributed by atoms with van der Waals surface area (Å²) in [4.78, 5) is 0. The standard InChI is InChI=1S/C18H20FNO/c1-2-21-17-9-4-13(5-10-17)18-11-15(19)6-3-14(18)12-20-16-7-8-16/h3-6,9-11,16,20H,2,7-8,12H2,1H3. The van der Waals surface area contributed by atoms with E-state index in [2.05, 4.69) is 5.32 Å². The predicted octanol–water partition coefficient (Wildman–Crippen LogP) is 4.14. The van der Waals surface area contributed by atoms with Gasteiger partial charge in [-0.25, -0.2) is 4.39 Å². The predicted molar refractivity (Wildman–Crippen MR) is 82.9 cm³/mol. The zero-order chi connectivity index (χ0) is 14.7. The van der Waals surface area contributed by atoms with Crippen LogP contribution in [0.5, 0.6) is 5.75 Å². The Kier molecular flexibility index (Phi) is 4.20. The van der Waals surface area contributed by atoms with Gasteiger partial charge in [-0.15, -0.1) is 0 Å². The molecule has 110 valence electrons. The molecule has 1 saturated carbocycles. The second-order valence-electron chi connectivity index (χ2n) is 5.41. The average molecular weight is 285 g/mol. The number of nitrogens with one attached hydrogen (secondary N) is 1. The van der Waals surface area contributed by atoms with E-state index in [1.807, 2.05) is 37.3 Å². The molecule has 0 aliphatic heterocycles. The Morgan fingerprint density at radius 2 is 1.90 bits per heavy atom. The van der Waals surface area contributed by atoms with Crippen molar-refractivity contribution >= 4 is 0 Å². The Hall–Kier alpha value is -1.87. The van der Waals surface area contributed by atoms with Crippen molar-refractivity contribution in [3.05, 3.63) is 53.8 Å². The smallest absolute Gasteiger partial charge is 0.123 e. The fraction of sp³-hybridized carbons (Fsp3) is 0.333. The molecule has 0 heterocycles. The Morgan fingerprint density at radius 3 is 2.57 bits per heavy atom. The second-order valence-corrected chi connectivity index (χ2v) is 5.41. The van der Waals surface area contributed by atoms with Gasteiger partial charge in [0.15, 0.2) is 0 Å². The molecular formula is C18H20FNO. The fourth-order valence-corrected chi connectivity index (χ4v) is 2.41. The Morgan fingerprint density at radius 1 is 1.14 bits per heavy atom. The van der Waals surface area contributed by atoms with E-state index < -0.39 is 0 Å². The van der Waals surface area contributed by atoms with E-state index in [1.54, 1.807) is 6.07 Å². The first-order valence-electron chi connectivity index (χ1n) is 7.51. The summed E-state index contributed by atoms with van der Waals surface area (Å²) in [7, 11) is 0. The molecule has 2 aromatic carbocycles. The van der Waals surface area contributed by atoms with Gasteiger partial charge in [-0.2, -0.15) is 0 Å². The van der Waals surface area contributed by atoms with Crippen LogP contribution in [0.2, 0.25) is 0 Å². The maximum absolute atomic E-state index is 13.6. The van der Waals surface area contributed by atoms with Crippen molar-refractivity contribution < 1.29 is 9.13 Å². The SMILES string of the molecule is CCOc1ccc(-c2cc(F)ccc2CNC2CC2)cc1. The molecule has 0 unspecified atom stereocenters. The van der Waals surface area contributed by atoms with E-state index in [1.165, 1.54) is 18.9 Å². The van der Waals surface area contributed by atoms with Crippen molar-refractivity contribution in [2.45, 2.75) is 32.4 Å². The lowest BCUT2D eigenvalue weighted by Crippen LogP contribution is -2.15. The summed E-state index contributed by atoms with van der Waals surface area (Å²) in [5.41, 5.74) is 3.10. The van der Waals surface area contributed by atoms with Gasteiger partial charge in [0.05, 0.1) is 6.61 Å². The molecule has 1 fully saturated rings. The van der Waals surface area contributed by atoms with Crippen molar-refractivity contribution in [3.63, 3.8) is 0 Å². The fourth-order valence-electron chi connectivity index (χ4n) is 2.41. The van der Waals surface area contributed by atoms with Gasteiger partial charge in [-0.1, -0.05) is 18.2 Å². The number of ether oxygens (including phenoxy) is 1. The maximum Gasteiger partial charge on any atom is 0.123 e. The molecule has 1 N–H and O–H groups in total. The van der Waals surface area contributed by atoms with Gasteiger partial charge in [0, 0.05) is 12.6 Å². The molecule has 0 bridgehead atoms. The minimum absolute atomic E-state index is 0.200. The van der Waals surface area contributed by atoms with E-state index in [9.17, 15) is 4.39 Å². The third kappa shape index (κ3) is 3.61. The molecule has 1 aliphatic carbocycles. The lowest BCUT2D eigenvalue weighted by Gasteiger charge is -2.12. The highest BCUT2D eigenvalue weighted by molar-refractivity contribution is 5.68. The molecule has 0 spiro atoms. The molecule has 0 atom stereocenters. The first-order valence-corrected chi connectivity index (χ1v) is 7.51. The molecule has 1 aliphatic rings. The molecular weight excluding hydrogens is 265 g/mol. The van der Waals surface area contributed by atoms with Crippen molar-refractivity contribution in [2.75, 3.05) is 6.61 Å². The molecule has 21 heavy (non-hydrogen) atoms. The lowest BCUT2D eigenvalue weighted by atomic mass is 9.99. The molecule has 0 radical (unpaired) electrons. The van der Waals surface area contributed by atoms with E-state index in [4.69, 9.17) is 4.74 Å². The molecule has 0 saturated heterocycles. The third-order valence-corrected chi connectivity index (χ3v) is 3.71. The molecule has 2 nitrogen and oxygen atoms in total. The summed E-state index contributed by atoms with van der Waals surface area (Å²) < 4.78 is 19.1. The van der Waals surface area contributed by atoms with E-state index in [0.29, 0.717) is 12.6 Å². The van der Waals surface area contributed by atoms with Gasteiger partial charge >= 0.3 is 0 Å². The Bertz CT molecular complexity index is 605. The number of halogens is 1. The van der Waals surface area contributed by atoms with Crippen molar-refractivity contribution in [2.24, 2.45) is 0 Å². The van der Waals surface area contributed by atoms with Gasteiger partial charge in [-0.3, -0.25) is 0 Å². The zero-order valence-electron chi connectivity index (χ0n) is 12.2. The number of rotatable bonds is 6. The number of hydrogen-bond acceptors (Lipinski definition) is 2. The first kappa shape index (κ1) is 14.1. The first-order chi connectivity index (χ1) is 10.3. The number of hydrogen-bond donors (Lipinski definition) is 1. The van der Waals surface area contributed by atoms with Gasteiger partial charge in [-0.05, 0) is 60.7 Å². The van der Waals surface area contributed by atoms with Crippen LogP contribution in [0.25, 0.3) is 11.1 Å². The minimum atomic E-state index is -0.200. The quantitative estimate of drug-likeness (QED) is 0.861. The van der Waals surface area contributed by atoms with Crippen LogP contribution in [-0.2, 0) is 6.54 Å². The summed E-state index contributed by atoms with van der Waals surface area (Å²) in [6.45, 7) is 3.39. The van der Waals surface area contributed by atoms with E-state index in [0.717, 1.165) is 29.0 Å². The number of benzene rings is 2. The molecule has 3 rings (SSSR count). The highest BCUT2D eigenvalue weighted by Gasteiger charge is 2.20. The zero-order valence-corrected chi connectivity index (χ0v) is 12.2. The summed E-state index contributed by atoms with van der Waals surface area (Å²) >= 11 is 0. The molecule has 0 aromatic heterocycles. The average Bonchev–Trinajstić information content (AvgIpc) is 3.31. The Labute approximate surface area is 125 Å². The molecule has 2 aromatic rings. The van der Waals surface area contributed by atoms with Crippen LogP contribution in [0.15, 0.2) is 42.5 Å². The summed E-state index contributed by atoms with van der Waals surface area (Å²) in [6, 6.07) is 13.5. The highest BCUT2D eigenvalue weighted by atomic mass is 19.1. The normalized spacial score (nSPS) is 14.2. The van der Waals surface area contributed by atoms with Gasteiger partial charge < -0.3 is 10.1 Å². The van der Waals surface area contributed by atoms with E-state index in [-0.39, 0.29) is 5.82 Å². The summed E-state index contributed by atoms with van der Waals surface area (Å²) in [5.74, 6) is 0.643. The van der Waals surface area contributed by atoms with Crippen LogP contribution in [0.3, 0.4) is 0 Å². The summed E-state index contributed by atoms with van der Waals surface area (Å²) in [5, 5.41) is 3.49. The van der Waals surface area contributed by atoms with Gasteiger partial charge in [0.2, 0.25) is 0 Å². The second kappa shape index (κ2) is 6.27. The van der Waals surface area contributed by atoms with Crippen molar-refractivity contribution in [3.8, 4) is 16.9 Å².